The standard InChI is InChI=1S/C7H5IN2S/c1-4-2-5-6(8)9-3-10-7(5)11-4/h2-3H,1H3. The van der Waals surface area contributed by atoms with Crippen molar-refractivity contribution >= 4 is 44.1 Å². The summed E-state index contributed by atoms with van der Waals surface area (Å²) in [7, 11) is 0. The topological polar surface area (TPSA) is 25.8 Å². The van der Waals surface area contributed by atoms with Gasteiger partial charge in [0.15, 0.2) is 0 Å². The normalized spacial score (nSPS) is 10.7. The molecule has 0 N–H and O–H groups in total. The zero-order chi connectivity index (χ0) is 7.84. The minimum Gasteiger partial charge on any atom is -0.230 e. The highest BCUT2D eigenvalue weighted by Gasteiger charge is 2.02. The fourth-order valence-electron chi connectivity index (χ4n) is 0.947. The molecule has 2 aromatic rings. The molecule has 0 bridgehead atoms. The van der Waals surface area contributed by atoms with E-state index in [1.807, 2.05) is 0 Å². The van der Waals surface area contributed by atoms with Gasteiger partial charge in [0.05, 0.1) is 0 Å². The smallest absolute Gasteiger partial charge is 0.128 e. The molecular weight excluding hydrogens is 271 g/mol. The van der Waals surface area contributed by atoms with E-state index in [0.29, 0.717) is 0 Å². The molecule has 2 rings (SSSR count). The summed E-state index contributed by atoms with van der Waals surface area (Å²) >= 11 is 3.94. The minimum atomic E-state index is 1.04. The number of thiophene rings is 1. The van der Waals surface area contributed by atoms with Crippen LogP contribution in [0.15, 0.2) is 12.4 Å². The molecule has 0 saturated carbocycles. The first-order valence-corrected chi connectivity index (χ1v) is 5.03. The van der Waals surface area contributed by atoms with Gasteiger partial charge in [-0.3, -0.25) is 0 Å². The van der Waals surface area contributed by atoms with E-state index in [2.05, 4.69) is 45.5 Å². The summed E-state index contributed by atoms with van der Waals surface area (Å²) in [5, 5.41) is 1.18. The lowest BCUT2D eigenvalue weighted by Crippen LogP contribution is -1.80. The van der Waals surface area contributed by atoms with Gasteiger partial charge in [0.25, 0.3) is 0 Å². The van der Waals surface area contributed by atoms with E-state index in [1.165, 1.54) is 10.3 Å². The van der Waals surface area contributed by atoms with Crippen LogP contribution in [0.25, 0.3) is 10.2 Å². The number of fused-ring (bicyclic) bond motifs is 1. The van der Waals surface area contributed by atoms with Crippen LogP contribution in [0.5, 0.6) is 0 Å². The first-order chi connectivity index (χ1) is 5.27. The Balaban J connectivity index is 2.90. The van der Waals surface area contributed by atoms with Gasteiger partial charge >= 0.3 is 0 Å². The number of nitrogens with zero attached hydrogens (tertiary/aromatic N) is 2. The van der Waals surface area contributed by atoms with Gasteiger partial charge in [-0.25, -0.2) is 9.97 Å². The third-order valence-electron chi connectivity index (χ3n) is 1.40. The molecule has 0 aliphatic rings. The molecule has 2 nitrogen and oxygen atoms in total. The molecule has 0 aliphatic heterocycles. The molecule has 0 radical (unpaired) electrons. The number of rotatable bonds is 0. The van der Waals surface area contributed by atoms with Crippen LogP contribution in [0, 0.1) is 10.6 Å². The quantitative estimate of drug-likeness (QED) is 0.546. The number of aromatic nitrogens is 2. The lowest BCUT2D eigenvalue weighted by atomic mass is 10.4. The Morgan fingerprint density at radius 3 is 3.00 bits per heavy atom. The minimum absolute atomic E-state index is 1.04. The van der Waals surface area contributed by atoms with Gasteiger partial charge in [-0.05, 0) is 35.6 Å². The van der Waals surface area contributed by atoms with E-state index in [-0.39, 0.29) is 0 Å². The molecule has 0 amide bonds. The average molecular weight is 276 g/mol. The number of aryl methyl sites for hydroxylation is 1. The second-order valence-corrected chi connectivity index (χ2v) is 4.50. The number of halogens is 1. The molecule has 0 unspecified atom stereocenters. The van der Waals surface area contributed by atoms with Gasteiger partial charge in [0.1, 0.15) is 14.9 Å². The molecule has 56 valence electrons. The van der Waals surface area contributed by atoms with E-state index in [9.17, 15) is 0 Å². The zero-order valence-electron chi connectivity index (χ0n) is 5.84. The highest BCUT2D eigenvalue weighted by molar-refractivity contribution is 14.1. The van der Waals surface area contributed by atoms with E-state index in [4.69, 9.17) is 0 Å². The van der Waals surface area contributed by atoms with E-state index < -0.39 is 0 Å². The maximum Gasteiger partial charge on any atom is 0.128 e. The predicted molar refractivity (Wildman–Crippen MR) is 54.9 cm³/mol. The Morgan fingerprint density at radius 1 is 1.45 bits per heavy atom. The van der Waals surface area contributed by atoms with Crippen molar-refractivity contribution in [3.05, 3.63) is 21.0 Å². The Morgan fingerprint density at radius 2 is 2.27 bits per heavy atom. The third kappa shape index (κ3) is 1.24. The van der Waals surface area contributed by atoms with E-state index in [1.54, 1.807) is 17.7 Å². The number of hydrogen-bond acceptors (Lipinski definition) is 3. The van der Waals surface area contributed by atoms with Crippen molar-refractivity contribution in [2.45, 2.75) is 6.92 Å². The third-order valence-corrected chi connectivity index (χ3v) is 3.22. The molecule has 0 aliphatic carbocycles. The van der Waals surface area contributed by atoms with Crippen LogP contribution in [0.1, 0.15) is 4.88 Å². The summed E-state index contributed by atoms with van der Waals surface area (Å²) in [4.78, 5) is 10.6. The van der Waals surface area contributed by atoms with Gasteiger partial charge in [0, 0.05) is 10.3 Å². The Hall–Kier alpha value is -0.230. The molecule has 2 heterocycles. The highest BCUT2D eigenvalue weighted by Crippen LogP contribution is 2.24. The Kier molecular flexibility index (Phi) is 1.80. The summed E-state index contributed by atoms with van der Waals surface area (Å²) in [6, 6.07) is 2.13. The van der Waals surface area contributed by atoms with Crippen LogP contribution in [0.2, 0.25) is 0 Å². The first kappa shape index (κ1) is 7.42. The monoisotopic (exact) mass is 276 g/mol. The highest BCUT2D eigenvalue weighted by atomic mass is 127. The van der Waals surface area contributed by atoms with Crippen LogP contribution >= 0.6 is 33.9 Å². The van der Waals surface area contributed by atoms with Crippen LogP contribution < -0.4 is 0 Å². The molecule has 11 heavy (non-hydrogen) atoms. The van der Waals surface area contributed by atoms with Crippen molar-refractivity contribution in [1.82, 2.24) is 9.97 Å². The maximum absolute atomic E-state index is 4.17. The van der Waals surface area contributed by atoms with Gasteiger partial charge < -0.3 is 0 Å². The lowest BCUT2D eigenvalue weighted by molar-refractivity contribution is 1.20. The van der Waals surface area contributed by atoms with Crippen LogP contribution in [0.4, 0.5) is 0 Å². The van der Waals surface area contributed by atoms with Crippen molar-refractivity contribution < 1.29 is 0 Å². The second-order valence-electron chi connectivity index (χ2n) is 2.24. The predicted octanol–water partition coefficient (Wildman–Crippen LogP) is 2.60. The van der Waals surface area contributed by atoms with Gasteiger partial charge in [-0.2, -0.15) is 0 Å². The Bertz CT molecular complexity index is 396. The van der Waals surface area contributed by atoms with Gasteiger partial charge in [0.2, 0.25) is 0 Å². The average Bonchev–Trinajstić information content (AvgIpc) is 2.31. The fourth-order valence-corrected chi connectivity index (χ4v) is 2.51. The summed E-state index contributed by atoms with van der Waals surface area (Å²) in [5.41, 5.74) is 0. The van der Waals surface area contributed by atoms with Crippen LogP contribution in [0.3, 0.4) is 0 Å². The molecule has 0 spiro atoms. The van der Waals surface area contributed by atoms with Crippen molar-refractivity contribution in [3.8, 4) is 0 Å². The number of hydrogen-bond donors (Lipinski definition) is 0. The van der Waals surface area contributed by atoms with Gasteiger partial charge in [-0.15, -0.1) is 11.3 Å². The molecule has 4 heteroatoms. The maximum atomic E-state index is 4.17. The molecule has 2 aromatic heterocycles. The van der Waals surface area contributed by atoms with Gasteiger partial charge in [-0.1, -0.05) is 0 Å². The summed E-state index contributed by atoms with van der Waals surface area (Å²) in [5.74, 6) is 0. The lowest BCUT2D eigenvalue weighted by Gasteiger charge is -1.88. The summed E-state index contributed by atoms with van der Waals surface area (Å²) in [6.07, 6.45) is 1.61. The fraction of sp³-hybridized carbons (Fsp3) is 0.143. The molecule has 0 aromatic carbocycles. The zero-order valence-corrected chi connectivity index (χ0v) is 8.81. The van der Waals surface area contributed by atoms with Crippen molar-refractivity contribution in [1.29, 1.82) is 0 Å². The molecule has 0 atom stereocenters. The first-order valence-electron chi connectivity index (χ1n) is 3.14. The van der Waals surface area contributed by atoms with E-state index in [0.717, 1.165) is 8.53 Å². The second kappa shape index (κ2) is 2.67. The van der Waals surface area contributed by atoms with E-state index >= 15 is 0 Å². The van der Waals surface area contributed by atoms with Crippen molar-refractivity contribution in [2.24, 2.45) is 0 Å². The SMILES string of the molecule is Cc1cc2c(I)ncnc2s1. The largest absolute Gasteiger partial charge is 0.230 e. The molecule has 0 saturated heterocycles. The summed E-state index contributed by atoms with van der Waals surface area (Å²) in [6.45, 7) is 2.09. The van der Waals surface area contributed by atoms with Crippen molar-refractivity contribution in [2.75, 3.05) is 0 Å². The van der Waals surface area contributed by atoms with Crippen LogP contribution in [-0.2, 0) is 0 Å². The molecule has 0 fully saturated rings. The van der Waals surface area contributed by atoms with Crippen LogP contribution in [-0.4, -0.2) is 9.97 Å². The summed E-state index contributed by atoms with van der Waals surface area (Å²) < 4.78 is 1.04. The molecular formula is C7H5IN2S. The Labute approximate surface area is 81.8 Å². The van der Waals surface area contributed by atoms with Crippen molar-refractivity contribution in [3.63, 3.8) is 0 Å².